The van der Waals surface area contributed by atoms with Gasteiger partial charge in [-0.1, -0.05) is 44.2 Å². The average molecular weight is 459 g/mol. The molecule has 1 aromatic carbocycles. The summed E-state index contributed by atoms with van der Waals surface area (Å²) < 4.78 is 11.3. The number of benzene rings is 1. The van der Waals surface area contributed by atoms with Gasteiger partial charge >= 0.3 is 0 Å². The van der Waals surface area contributed by atoms with Crippen LogP contribution in [0.25, 0.3) is 5.57 Å². The summed E-state index contributed by atoms with van der Waals surface area (Å²) in [5.41, 5.74) is 3.24. The van der Waals surface area contributed by atoms with Crippen molar-refractivity contribution in [3.8, 4) is 5.75 Å². The maximum absolute atomic E-state index is 10.9. The van der Waals surface area contributed by atoms with E-state index in [0.29, 0.717) is 12.5 Å². The van der Waals surface area contributed by atoms with Crippen LogP contribution in [0.2, 0.25) is 0 Å². The van der Waals surface area contributed by atoms with Crippen molar-refractivity contribution in [2.75, 3.05) is 40.1 Å². The van der Waals surface area contributed by atoms with Gasteiger partial charge in [-0.2, -0.15) is 5.06 Å². The Hall–Kier alpha value is -1.70. The van der Waals surface area contributed by atoms with E-state index in [4.69, 9.17) is 14.3 Å². The highest BCUT2D eigenvalue weighted by Gasteiger charge is 2.27. The molecule has 1 aromatic rings. The third-order valence-corrected chi connectivity index (χ3v) is 6.59. The fraction of sp³-hybridized carbons (Fsp3) is 0.630. The average Bonchev–Trinajstić information content (AvgIpc) is 3.11. The molecule has 0 spiro atoms. The van der Waals surface area contributed by atoms with Gasteiger partial charge in [0.05, 0.1) is 12.7 Å². The monoisotopic (exact) mass is 458 g/mol. The van der Waals surface area contributed by atoms with E-state index in [0.717, 1.165) is 74.3 Å². The van der Waals surface area contributed by atoms with Crippen LogP contribution in [0, 0.1) is 11.8 Å². The predicted octanol–water partition coefficient (Wildman–Crippen LogP) is 4.54. The molecule has 0 radical (unpaired) electrons. The van der Waals surface area contributed by atoms with Gasteiger partial charge in [0.2, 0.25) is 0 Å². The summed E-state index contributed by atoms with van der Waals surface area (Å²) in [5, 5.41) is 16.4. The quantitative estimate of drug-likeness (QED) is 0.288. The Labute approximate surface area is 199 Å². The molecular weight excluding hydrogens is 416 g/mol. The van der Waals surface area contributed by atoms with Crippen molar-refractivity contribution in [1.29, 1.82) is 0 Å². The molecule has 33 heavy (non-hydrogen) atoms. The van der Waals surface area contributed by atoms with Gasteiger partial charge in [-0.3, -0.25) is 4.84 Å². The van der Waals surface area contributed by atoms with Gasteiger partial charge in [-0.05, 0) is 68.3 Å². The Balaban J connectivity index is 1.96. The lowest BCUT2D eigenvalue weighted by atomic mass is 9.80. The molecule has 2 aliphatic rings. The number of methoxy groups -OCH3 is 1. The van der Waals surface area contributed by atoms with Gasteiger partial charge in [0, 0.05) is 31.7 Å². The van der Waals surface area contributed by atoms with Crippen LogP contribution in [-0.4, -0.2) is 56.4 Å². The number of nitrogens with one attached hydrogen (secondary N) is 1. The number of aliphatic hydroxyl groups is 1. The van der Waals surface area contributed by atoms with E-state index in [-0.39, 0.29) is 18.8 Å². The largest absolute Gasteiger partial charge is 0.467 e. The fourth-order valence-electron chi connectivity index (χ4n) is 4.68. The molecule has 1 fully saturated rings. The van der Waals surface area contributed by atoms with E-state index >= 15 is 0 Å². The number of allylic oxidation sites excluding steroid dienone is 2. The SMILES string of the molecule is CCN(CC)OCc1ccc(/C(=C/C2CCCNCC2)C2C=CCCC2O)c(OCOC)c1. The number of aliphatic hydroxyl groups excluding tert-OH is 1. The lowest BCUT2D eigenvalue weighted by molar-refractivity contribution is -0.163. The Kier molecular flexibility index (Phi) is 10.9. The third-order valence-electron chi connectivity index (χ3n) is 6.59. The zero-order chi connectivity index (χ0) is 23.5. The molecule has 3 atom stereocenters. The lowest BCUT2D eigenvalue weighted by Gasteiger charge is -2.28. The number of hydrogen-bond donors (Lipinski definition) is 2. The molecule has 1 aliphatic heterocycles. The second-order valence-electron chi connectivity index (χ2n) is 8.93. The Morgan fingerprint density at radius 3 is 2.79 bits per heavy atom. The molecule has 0 aromatic heterocycles. The normalized spacial score (nSPS) is 24.2. The summed E-state index contributed by atoms with van der Waals surface area (Å²) in [6.07, 6.45) is 11.5. The predicted molar refractivity (Wildman–Crippen MR) is 133 cm³/mol. The van der Waals surface area contributed by atoms with Crippen LogP contribution < -0.4 is 10.1 Å². The van der Waals surface area contributed by atoms with Gasteiger partial charge < -0.3 is 19.9 Å². The minimum absolute atomic E-state index is 0.0300. The van der Waals surface area contributed by atoms with Gasteiger partial charge in [0.25, 0.3) is 0 Å². The first kappa shape index (κ1) is 25.9. The van der Waals surface area contributed by atoms with E-state index in [1.54, 1.807) is 7.11 Å². The van der Waals surface area contributed by atoms with Gasteiger partial charge in [0.15, 0.2) is 6.79 Å². The highest BCUT2D eigenvalue weighted by Crippen LogP contribution is 2.39. The van der Waals surface area contributed by atoms with Crippen molar-refractivity contribution >= 4 is 5.57 Å². The zero-order valence-corrected chi connectivity index (χ0v) is 20.6. The molecule has 3 rings (SSSR count). The van der Waals surface area contributed by atoms with Gasteiger partial charge in [-0.15, -0.1) is 0 Å². The van der Waals surface area contributed by atoms with Crippen molar-refractivity contribution in [3.63, 3.8) is 0 Å². The summed E-state index contributed by atoms with van der Waals surface area (Å²) in [6, 6.07) is 6.29. The number of rotatable bonds is 11. The smallest absolute Gasteiger partial charge is 0.188 e. The summed E-state index contributed by atoms with van der Waals surface area (Å²) in [6.45, 7) is 8.64. The summed E-state index contributed by atoms with van der Waals surface area (Å²) in [7, 11) is 1.63. The minimum Gasteiger partial charge on any atom is -0.467 e. The third kappa shape index (κ3) is 7.66. The molecule has 0 saturated carbocycles. The van der Waals surface area contributed by atoms with Crippen molar-refractivity contribution in [2.45, 2.75) is 58.7 Å². The molecule has 0 amide bonds. The molecule has 1 aliphatic carbocycles. The molecule has 2 N–H and O–H groups in total. The Morgan fingerprint density at radius 1 is 1.18 bits per heavy atom. The van der Waals surface area contributed by atoms with Crippen LogP contribution in [0.4, 0.5) is 0 Å². The van der Waals surface area contributed by atoms with E-state index in [1.807, 2.05) is 5.06 Å². The number of hydroxylamine groups is 2. The van der Waals surface area contributed by atoms with Gasteiger partial charge in [-0.25, -0.2) is 0 Å². The first-order valence-corrected chi connectivity index (χ1v) is 12.6. The van der Waals surface area contributed by atoms with Crippen molar-refractivity contribution < 1.29 is 19.4 Å². The van der Waals surface area contributed by atoms with Crippen LogP contribution in [0.15, 0.2) is 36.4 Å². The van der Waals surface area contributed by atoms with Crippen LogP contribution in [-0.2, 0) is 16.2 Å². The van der Waals surface area contributed by atoms with Crippen LogP contribution in [0.5, 0.6) is 5.75 Å². The summed E-state index contributed by atoms with van der Waals surface area (Å²) >= 11 is 0. The van der Waals surface area contributed by atoms with Crippen molar-refractivity contribution in [2.24, 2.45) is 11.8 Å². The molecule has 1 heterocycles. The van der Waals surface area contributed by atoms with Crippen LogP contribution in [0.1, 0.15) is 57.1 Å². The minimum atomic E-state index is -0.383. The molecule has 3 unspecified atom stereocenters. The van der Waals surface area contributed by atoms with Crippen molar-refractivity contribution in [3.05, 3.63) is 47.6 Å². The standard InChI is InChI=1S/C27H42N2O4/c1-4-29(5-2)33-19-22-12-13-24(27(18-22)32-20-31-3)25(23-10-6-7-11-26(23)30)17-21-9-8-15-28-16-14-21/h6,10,12-13,17-18,21,23,26,28,30H,4-5,7-9,11,14-16,19-20H2,1-3H3/b25-17+. The first-order valence-electron chi connectivity index (χ1n) is 12.6. The number of nitrogens with zero attached hydrogens (tertiary/aromatic N) is 1. The maximum Gasteiger partial charge on any atom is 0.188 e. The van der Waals surface area contributed by atoms with Crippen LogP contribution in [0.3, 0.4) is 0 Å². The molecule has 0 bridgehead atoms. The van der Waals surface area contributed by atoms with E-state index in [2.05, 4.69) is 55.6 Å². The summed E-state index contributed by atoms with van der Waals surface area (Å²) in [4.78, 5) is 5.93. The second kappa shape index (κ2) is 13.9. The fourth-order valence-corrected chi connectivity index (χ4v) is 4.68. The van der Waals surface area contributed by atoms with E-state index in [1.165, 1.54) is 6.42 Å². The summed E-state index contributed by atoms with van der Waals surface area (Å²) in [5.74, 6) is 1.23. The highest BCUT2D eigenvalue weighted by molar-refractivity contribution is 5.74. The van der Waals surface area contributed by atoms with E-state index in [9.17, 15) is 5.11 Å². The topological polar surface area (TPSA) is 63.2 Å². The molecular formula is C27H42N2O4. The molecule has 6 heteroatoms. The molecule has 6 nitrogen and oxygen atoms in total. The van der Waals surface area contributed by atoms with Crippen LogP contribution >= 0.6 is 0 Å². The van der Waals surface area contributed by atoms with Crippen molar-refractivity contribution in [1.82, 2.24) is 10.4 Å². The molecule has 184 valence electrons. The second-order valence-corrected chi connectivity index (χ2v) is 8.93. The Bertz CT molecular complexity index is 767. The Morgan fingerprint density at radius 2 is 2.03 bits per heavy atom. The number of ether oxygens (including phenoxy) is 2. The molecule has 1 saturated heterocycles. The van der Waals surface area contributed by atoms with E-state index < -0.39 is 0 Å². The lowest BCUT2D eigenvalue weighted by Crippen LogP contribution is -2.24. The highest BCUT2D eigenvalue weighted by atomic mass is 16.7. The first-order chi connectivity index (χ1) is 16.2. The number of hydrogen-bond acceptors (Lipinski definition) is 6. The zero-order valence-electron chi connectivity index (χ0n) is 20.6. The maximum atomic E-state index is 10.9. The van der Waals surface area contributed by atoms with Gasteiger partial charge in [0.1, 0.15) is 5.75 Å².